The monoisotopic (exact) mass is 280 g/mol. The summed E-state index contributed by atoms with van der Waals surface area (Å²) in [6, 6.07) is 13.0. The molecule has 3 rings (SSSR count). The summed E-state index contributed by atoms with van der Waals surface area (Å²) < 4.78 is 1.68. The van der Waals surface area contributed by atoms with Crippen LogP contribution < -0.4 is 11.1 Å². The molecule has 3 aromatic rings. The summed E-state index contributed by atoms with van der Waals surface area (Å²) in [4.78, 5) is 12.4. The van der Waals surface area contributed by atoms with Crippen LogP contribution in [0, 0.1) is 0 Å². The minimum atomic E-state index is -0.147. The van der Waals surface area contributed by atoms with Crippen LogP contribution in [0.1, 0.15) is 28.9 Å². The molecule has 1 atom stereocenters. The zero-order chi connectivity index (χ0) is 14.8. The number of hydrogen-bond acceptors (Lipinski definition) is 3. The van der Waals surface area contributed by atoms with E-state index in [9.17, 15) is 4.79 Å². The van der Waals surface area contributed by atoms with Gasteiger partial charge in [-0.15, -0.1) is 0 Å². The average Bonchev–Trinajstić information content (AvgIpc) is 2.91. The van der Waals surface area contributed by atoms with Gasteiger partial charge >= 0.3 is 0 Å². The van der Waals surface area contributed by atoms with Crippen molar-refractivity contribution >= 4 is 17.1 Å². The van der Waals surface area contributed by atoms with Crippen molar-refractivity contribution < 1.29 is 4.79 Å². The second-order valence-corrected chi connectivity index (χ2v) is 4.95. The van der Waals surface area contributed by atoms with Gasteiger partial charge in [0.25, 0.3) is 5.91 Å². The van der Waals surface area contributed by atoms with E-state index in [-0.39, 0.29) is 11.9 Å². The van der Waals surface area contributed by atoms with Crippen molar-refractivity contribution in [3.63, 3.8) is 0 Å². The molecule has 0 aliphatic rings. The number of rotatable bonds is 3. The number of nitrogen functional groups attached to an aromatic ring is 1. The first-order chi connectivity index (χ1) is 10.1. The largest absolute Gasteiger partial charge is 0.399 e. The number of anilines is 1. The zero-order valence-corrected chi connectivity index (χ0v) is 11.7. The summed E-state index contributed by atoms with van der Waals surface area (Å²) >= 11 is 0. The number of nitrogens with zero attached hydrogens (tertiary/aromatic N) is 2. The van der Waals surface area contributed by atoms with Crippen molar-refractivity contribution in [1.29, 1.82) is 0 Å². The molecule has 0 aliphatic carbocycles. The molecule has 5 nitrogen and oxygen atoms in total. The van der Waals surface area contributed by atoms with E-state index in [0.717, 1.165) is 11.1 Å². The Labute approximate surface area is 122 Å². The van der Waals surface area contributed by atoms with Crippen molar-refractivity contribution in [3.8, 4) is 0 Å². The minimum Gasteiger partial charge on any atom is -0.399 e. The molecular weight excluding hydrogens is 264 g/mol. The normalized spacial score (nSPS) is 12.2. The maximum absolute atomic E-state index is 12.4. The van der Waals surface area contributed by atoms with Gasteiger partial charge in [-0.1, -0.05) is 18.2 Å². The summed E-state index contributed by atoms with van der Waals surface area (Å²) in [5.74, 6) is -0.147. The molecule has 0 bridgehead atoms. The van der Waals surface area contributed by atoms with Crippen LogP contribution in [0.4, 0.5) is 5.69 Å². The van der Waals surface area contributed by atoms with Crippen LogP contribution in [0.5, 0.6) is 0 Å². The molecule has 5 heteroatoms. The maximum Gasteiger partial charge on any atom is 0.255 e. The first-order valence-electron chi connectivity index (χ1n) is 6.74. The molecule has 106 valence electrons. The fourth-order valence-electron chi connectivity index (χ4n) is 2.30. The van der Waals surface area contributed by atoms with Gasteiger partial charge in [-0.25, -0.2) is 4.52 Å². The van der Waals surface area contributed by atoms with Crippen LogP contribution >= 0.6 is 0 Å². The first kappa shape index (κ1) is 13.2. The number of benzene rings is 1. The van der Waals surface area contributed by atoms with Gasteiger partial charge in [-0.05, 0) is 36.8 Å². The van der Waals surface area contributed by atoms with Crippen LogP contribution in [0.3, 0.4) is 0 Å². The molecule has 2 aromatic heterocycles. The molecular formula is C16H16N4O. The van der Waals surface area contributed by atoms with E-state index in [1.807, 2.05) is 55.6 Å². The predicted molar refractivity (Wildman–Crippen MR) is 81.9 cm³/mol. The van der Waals surface area contributed by atoms with E-state index in [2.05, 4.69) is 10.4 Å². The number of nitrogens with one attached hydrogen (secondary N) is 1. The van der Waals surface area contributed by atoms with Gasteiger partial charge in [0.15, 0.2) is 0 Å². The molecule has 0 spiro atoms. The summed E-state index contributed by atoms with van der Waals surface area (Å²) in [6.45, 7) is 1.93. The SMILES string of the molecule is CC(NC(=O)c1cnn2ccccc12)c1cccc(N)c1. The van der Waals surface area contributed by atoms with Crippen LogP contribution in [-0.2, 0) is 0 Å². The van der Waals surface area contributed by atoms with Crippen molar-refractivity contribution in [2.45, 2.75) is 13.0 Å². The Kier molecular flexibility index (Phi) is 3.31. The maximum atomic E-state index is 12.4. The number of hydrogen-bond donors (Lipinski definition) is 2. The molecule has 21 heavy (non-hydrogen) atoms. The fourth-order valence-corrected chi connectivity index (χ4v) is 2.30. The number of carbonyl (C=O) groups excluding carboxylic acids is 1. The van der Waals surface area contributed by atoms with Crippen molar-refractivity contribution in [2.24, 2.45) is 0 Å². The summed E-state index contributed by atoms with van der Waals surface area (Å²) in [7, 11) is 0. The van der Waals surface area contributed by atoms with E-state index in [4.69, 9.17) is 5.73 Å². The molecule has 0 fully saturated rings. The number of amides is 1. The van der Waals surface area contributed by atoms with Gasteiger partial charge in [-0.2, -0.15) is 5.10 Å². The van der Waals surface area contributed by atoms with Crippen molar-refractivity contribution in [2.75, 3.05) is 5.73 Å². The highest BCUT2D eigenvalue weighted by Gasteiger charge is 2.15. The van der Waals surface area contributed by atoms with Crippen LogP contribution in [0.2, 0.25) is 0 Å². The Bertz CT molecular complexity index is 794. The predicted octanol–water partition coefficient (Wildman–Crippen LogP) is 2.41. The molecule has 0 radical (unpaired) electrons. The number of aromatic nitrogens is 2. The molecule has 1 amide bonds. The first-order valence-corrected chi connectivity index (χ1v) is 6.74. The van der Waals surface area contributed by atoms with Gasteiger partial charge in [0.05, 0.1) is 23.3 Å². The van der Waals surface area contributed by atoms with E-state index in [0.29, 0.717) is 11.3 Å². The molecule has 0 aliphatic heterocycles. The Morgan fingerprint density at radius 3 is 2.95 bits per heavy atom. The van der Waals surface area contributed by atoms with Crippen molar-refractivity contribution in [3.05, 3.63) is 66.0 Å². The molecule has 2 heterocycles. The van der Waals surface area contributed by atoms with Crippen LogP contribution in [0.15, 0.2) is 54.9 Å². The third kappa shape index (κ3) is 2.58. The highest BCUT2D eigenvalue weighted by molar-refractivity contribution is 6.00. The number of carbonyl (C=O) groups is 1. The van der Waals surface area contributed by atoms with E-state index in [1.165, 1.54) is 0 Å². The third-order valence-electron chi connectivity index (χ3n) is 3.43. The Balaban J connectivity index is 1.83. The lowest BCUT2D eigenvalue weighted by atomic mass is 10.1. The number of pyridine rings is 1. The molecule has 0 saturated carbocycles. The lowest BCUT2D eigenvalue weighted by molar-refractivity contribution is 0.0941. The van der Waals surface area contributed by atoms with Gasteiger partial charge in [0, 0.05) is 11.9 Å². The average molecular weight is 280 g/mol. The van der Waals surface area contributed by atoms with Crippen LogP contribution in [0.25, 0.3) is 5.52 Å². The van der Waals surface area contributed by atoms with Crippen molar-refractivity contribution in [1.82, 2.24) is 14.9 Å². The molecule has 3 N–H and O–H groups in total. The van der Waals surface area contributed by atoms with Gasteiger partial charge in [0.1, 0.15) is 0 Å². The minimum absolute atomic E-state index is 0.125. The van der Waals surface area contributed by atoms with Gasteiger partial charge in [0.2, 0.25) is 0 Å². The second kappa shape index (κ2) is 5.28. The smallest absolute Gasteiger partial charge is 0.255 e. The van der Waals surface area contributed by atoms with Gasteiger partial charge in [-0.3, -0.25) is 4.79 Å². The zero-order valence-electron chi connectivity index (χ0n) is 11.7. The van der Waals surface area contributed by atoms with E-state index >= 15 is 0 Å². The number of fused-ring (bicyclic) bond motifs is 1. The standard InChI is InChI=1S/C16H16N4O/c1-11(12-5-4-6-13(17)9-12)19-16(21)14-10-18-20-8-3-2-7-15(14)20/h2-11H,17H2,1H3,(H,19,21). The Morgan fingerprint density at radius 2 is 2.14 bits per heavy atom. The van der Waals surface area contributed by atoms with Gasteiger partial charge < -0.3 is 11.1 Å². The molecule has 1 unspecified atom stereocenters. The summed E-state index contributed by atoms with van der Waals surface area (Å²) in [5.41, 5.74) is 8.78. The third-order valence-corrected chi connectivity index (χ3v) is 3.43. The molecule has 1 aromatic carbocycles. The van der Waals surface area contributed by atoms with Crippen LogP contribution in [-0.4, -0.2) is 15.5 Å². The second-order valence-electron chi connectivity index (χ2n) is 4.95. The highest BCUT2D eigenvalue weighted by Crippen LogP contribution is 2.17. The summed E-state index contributed by atoms with van der Waals surface area (Å²) in [6.07, 6.45) is 3.39. The lowest BCUT2D eigenvalue weighted by Crippen LogP contribution is -2.26. The quantitative estimate of drug-likeness (QED) is 0.724. The topological polar surface area (TPSA) is 72.4 Å². The Morgan fingerprint density at radius 1 is 1.29 bits per heavy atom. The molecule has 0 saturated heterocycles. The fraction of sp³-hybridized carbons (Fsp3) is 0.125. The Hall–Kier alpha value is -2.82. The highest BCUT2D eigenvalue weighted by atomic mass is 16.1. The van der Waals surface area contributed by atoms with E-state index in [1.54, 1.807) is 10.7 Å². The number of nitrogens with two attached hydrogens (primary N) is 1. The lowest BCUT2D eigenvalue weighted by Gasteiger charge is -2.14. The van der Waals surface area contributed by atoms with E-state index < -0.39 is 0 Å². The summed E-state index contributed by atoms with van der Waals surface area (Å²) in [5, 5.41) is 7.14.